The van der Waals surface area contributed by atoms with Crippen molar-refractivity contribution in [2.75, 3.05) is 17.1 Å². The van der Waals surface area contributed by atoms with Gasteiger partial charge < -0.3 is 5.32 Å². The maximum Gasteiger partial charge on any atom is 0.232 e. The molecule has 1 atom stereocenters. The highest BCUT2D eigenvalue weighted by atomic mass is 32.2. The van der Waals surface area contributed by atoms with Crippen LogP contribution in [-0.2, 0) is 14.8 Å². The number of sulfonamides is 1. The van der Waals surface area contributed by atoms with Crippen LogP contribution in [0.2, 0.25) is 0 Å². The molecule has 2 aromatic rings. The van der Waals surface area contributed by atoms with Gasteiger partial charge in [-0.3, -0.25) is 9.10 Å². The first-order chi connectivity index (χ1) is 12.7. The van der Waals surface area contributed by atoms with E-state index in [1.807, 2.05) is 63.2 Å². The Bertz CT molecular complexity index is 877. The Labute approximate surface area is 162 Å². The molecule has 0 heterocycles. The molecule has 0 saturated heterocycles. The molecule has 0 aliphatic heterocycles. The lowest BCUT2D eigenvalue weighted by atomic mass is 10.1. The lowest BCUT2D eigenvalue weighted by Crippen LogP contribution is -2.33. The second kappa shape index (κ2) is 9.04. The number of carbonyl (C=O) groups excluding carboxylic acids is 1. The van der Waals surface area contributed by atoms with E-state index in [0.717, 1.165) is 11.1 Å². The van der Waals surface area contributed by atoms with Gasteiger partial charge in [0.25, 0.3) is 0 Å². The van der Waals surface area contributed by atoms with E-state index < -0.39 is 10.0 Å². The van der Waals surface area contributed by atoms with Crippen molar-refractivity contribution in [2.45, 2.75) is 39.7 Å². The van der Waals surface area contributed by atoms with Crippen LogP contribution >= 0.6 is 0 Å². The number of hydrogen-bond donors (Lipinski definition) is 1. The van der Waals surface area contributed by atoms with Gasteiger partial charge in [0, 0.05) is 13.0 Å². The largest absolute Gasteiger partial charge is 0.350 e. The summed E-state index contributed by atoms with van der Waals surface area (Å²) in [6, 6.07) is 15.3. The summed E-state index contributed by atoms with van der Waals surface area (Å²) in [4.78, 5) is 12.2. The van der Waals surface area contributed by atoms with Gasteiger partial charge in [-0.25, -0.2) is 8.42 Å². The number of nitrogens with zero attached hydrogens (tertiary/aromatic N) is 1. The first-order valence-corrected chi connectivity index (χ1v) is 10.9. The van der Waals surface area contributed by atoms with Crippen molar-refractivity contribution in [1.82, 2.24) is 5.32 Å². The van der Waals surface area contributed by atoms with Crippen LogP contribution in [0.5, 0.6) is 0 Å². The van der Waals surface area contributed by atoms with E-state index in [1.165, 1.54) is 16.1 Å². The number of anilines is 1. The maximum absolute atomic E-state index is 12.2. The van der Waals surface area contributed by atoms with E-state index in [0.29, 0.717) is 12.1 Å². The zero-order chi connectivity index (χ0) is 20.0. The second-order valence-corrected chi connectivity index (χ2v) is 8.83. The predicted molar refractivity (Wildman–Crippen MR) is 110 cm³/mol. The van der Waals surface area contributed by atoms with Gasteiger partial charge >= 0.3 is 0 Å². The monoisotopic (exact) mass is 388 g/mol. The Hall–Kier alpha value is -2.34. The molecule has 0 unspecified atom stereocenters. The van der Waals surface area contributed by atoms with Crippen LogP contribution < -0.4 is 9.62 Å². The molecule has 0 aliphatic carbocycles. The fourth-order valence-corrected chi connectivity index (χ4v) is 3.97. The van der Waals surface area contributed by atoms with Gasteiger partial charge in [-0.1, -0.05) is 48.0 Å². The molecule has 0 saturated carbocycles. The number of benzene rings is 2. The Morgan fingerprint density at radius 1 is 1.07 bits per heavy atom. The topological polar surface area (TPSA) is 66.5 Å². The van der Waals surface area contributed by atoms with Crippen molar-refractivity contribution in [2.24, 2.45) is 0 Å². The zero-order valence-electron chi connectivity index (χ0n) is 16.4. The van der Waals surface area contributed by atoms with E-state index >= 15 is 0 Å². The van der Waals surface area contributed by atoms with Crippen molar-refractivity contribution < 1.29 is 13.2 Å². The van der Waals surface area contributed by atoms with Gasteiger partial charge in [-0.15, -0.1) is 0 Å². The summed E-state index contributed by atoms with van der Waals surface area (Å²) in [7, 11) is -3.41. The van der Waals surface area contributed by atoms with Crippen LogP contribution in [0.1, 0.15) is 42.5 Å². The number of hydrogen-bond acceptors (Lipinski definition) is 3. The zero-order valence-corrected chi connectivity index (χ0v) is 17.2. The molecule has 1 amide bonds. The van der Waals surface area contributed by atoms with E-state index in [1.54, 1.807) is 6.07 Å². The average Bonchev–Trinajstić information content (AvgIpc) is 2.59. The highest BCUT2D eigenvalue weighted by molar-refractivity contribution is 7.92. The summed E-state index contributed by atoms with van der Waals surface area (Å²) in [5.41, 5.74) is 3.77. The number of nitrogens with one attached hydrogen (secondary N) is 1. The van der Waals surface area contributed by atoms with Crippen LogP contribution in [0.4, 0.5) is 5.69 Å². The standard InChI is InChI=1S/C21H28N2O3S/c1-16-11-13-19(14-12-16)18(3)22-21(24)10-7-15-23(27(4,25)26)20-9-6-5-8-17(20)2/h5-6,8-9,11-14,18H,7,10,15H2,1-4H3,(H,22,24)/t18-/m0/s1. The minimum absolute atomic E-state index is 0.0821. The Balaban J connectivity index is 1.93. The van der Waals surface area contributed by atoms with Crippen molar-refractivity contribution in [1.29, 1.82) is 0 Å². The number of carbonyl (C=O) groups is 1. The van der Waals surface area contributed by atoms with Gasteiger partial charge in [0.2, 0.25) is 15.9 Å². The van der Waals surface area contributed by atoms with Gasteiger partial charge in [0.05, 0.1) is 18.0 Å². The lowest BCUT2D eigenvalue weighted by molar-refractivity contribution is -0.121. The molecule has 27 heavy (non-hydrogen) atoms. The molecule has 5 nitrogen and oxygen atoms in total. The van der Waals surface area contributed by atoms with Crippen molar-refractivity contribution in [3.8, 4) is 0 Å². The Morgan fingerprint density at radius 2 is 1.70 bits per heavy atom. The molecule has 0 aliphatic rings. The number of rotatable bonds is 8. The minimum atomic E-state index is -3.41. The second-order valence-electron chi connectivity index (χ2n) is 6.93. The van der Waals surface area contributed by atoms with Crippen molar-refractivity contribution >= 4 is 21.6 Å². The summed E-state index contributed by atoms with van der Waals surface area (Å²) >= 11 is 0. The number of para-hydroxylation sites is 1. The molecule has 2 rings (SSSR count). The number of amides is 1. The molecule has 0 spiro atoms. The first-order valence-electron chi connectivity index (χ1n) is 9.08. The molecule has 0 radical (unpaired) electrons. The normalized spacial score (nSPS) is 12.4. The predicted octanol–water partition coefficient (Wildman–Crippen LogP) is 3.73. The summed E-state index contributed by atoms with van der Waals surface area (Å²) in [6.45, 7) is 6.12. The summed E-state index contributed by atoms with van der Waals surface area (Å²) in [5, 5.41) is 2.97. The smallest absolute Gasteiger partial charge is 0.232 e. The van der Waals surface area contributed by atoms with E-state index in [9.17, 15) is 13.2 Å². The van der Waals surface area contributed by atoms with E-state index in [2.05, 4.69) is 5.32 Å². The quantitative estimate of drug-likeness (QED) is 0.749. The Kier molecular flexibility index (Phi) is 7.02. The molecule has 0 aromatic heterocycles. The van der Waals surface area contributed by atoms with Crippen LogP contribution in [-0.4, -0.2) is 27.1 Å². The molecular formula is C21H28N2O3S. The fourth-order valence-electron chi connectivity index (χ4n) is 2.94. The van der Waals surface area contributed by atoms with Crippen LogP contribution in [0, 0.1) is 13.8 Å². The molecule has 0 fully saturated rings. The molecule has 1 N–H and O–H groups in total. The fraction of sp³-hybridized carbons (Fsp3) is 0.381. The summed E-state index contributed by atoms with van der Waals surface area (Å²) in [5.74, 6) is -0.0821. The molecule has 0 bridgehead atoms. The lowest BCUT2D eigenvalue weighted by Gasteiger charge is -2.24. The highest BCUT2D eigenvalue weighted by Crippen LogP contribution is 2.22. The van der Waals surface area contributed by atoms with E-state index in [-0.39, 0.29) is 24.9 Å². The maximum atomic E-state index is 12.2. The minimum Gasteiger partial charge on any atom is -0.350 e. The van der Waals surface area contributed by atoms with Gasteiger partial charge in [0.15, 0.2) is 0 Å². The van der Waals surface area contributed by atoms with Crippen molar-refractivity contribution in [3.05, 3.63) is 65.2 Å². The van der Waals surface area contributed by atoms with Crippen LogP contribution in [0.25, 0.3) is 0 Å². The van der Waals surface area contributed by atoms with Gasteiger partial charge in [0.1, 0.15) is 0 Å². The molecular weight excluding hydrogens is 360 g/mol. The molecule has 146 valence electrons. The van der Waals surface area contributed by atoms with Gasteiger partial charge in [-0.2, -0.15) is 0 Å². The van der Waals surface area contributed by atoms with Gasteiger partial charge in [-0.05, 0) is 44.4 Å². The van der Waals surface area contributed by atoms with Crippen LogP contribution in [0.15, 0.2) is 48.5 Å². The third-order valence-corrected chi connectivity index (χ3v) is 5.68. The molecule has 2 aromatic carbocycles. The SMILES string of the molecule is Cc1ccc([C@H](C)NC(=O)CCCN(c2ccccc2C)S(C)(=O)=O)cc1. The average molecular weight is 389 g/mol. The molecule has 6 heteroatoms. The first kappa shape index (κ1) is 21.0. The third-order valence-electron chi connectivity index (χ3n) is 4.50. The third kappa shape index (κ3) is 6.10. The summed E-state index contributed by atoms with van der Waals surface area (Å²) in [6.07, 6.45) is 1.92. The van der Waals surface area contributed by atoms with Crippen LogP contribution in [0.3, 0.4) is 0 Å². The number of aryl methyl sites for hydroxylation is 2. The van der Waals surface area contributed by atoms with Crippen molar-refractivity contribution in [3.63, 3.8) is 0 Å². The summed E-state index contributed by atoms with van der Waals surface area (Å²) < 4.78 is 25.7. The highest BCUT2D eigenvalue weighted by Gasteiger charge is 2.19. The Morgan fingerprint density at radius 3 is 2.30 bits per heavy atom. The van der Waals surface area contributed by atoms with E-state index in [4.69, 9.17) is 0 Å².